The average molecular weight is 203 g/mol. The molecule has 0 spiro atoms. The summed E-state index contributed by atoms with van der Waals surface area (Å²) in [4.78, 5) is 5.91. The fourth-order valence-corrected chi connectivity index (χ4v) is 1.35. The van der Waals surface area contributed by atoms with Crippen LogP contribution in [0.4, 0.5) is 11.5 Å². The molecule has 5 nitrogen and oxygen atoms in total. The third-order valence-corrected chi connectivity index (χ3v) is 2.06. The zero-order valence-electron chi connectivity index (χ0n) is 8.75. The van der Waals surface area contributed by atoms with Gasteiger partial charge in [-0.15, -0.1) is 5.10 Å². The van der Waals surface area contributed by atoms with E-state index in [0.717, 1.165) is 11.5 Å². The molecule has 0 saturated heterocycles. The molecular formula is C10H13N5. The maximum Gasteiger partial charge on any atom is 0.173 e. The lowest BCUT2D eigenvalue weighted by molar-refractivity contribution is 0.860. The molecule has 2 N–H and O–H groups in total. The first-order valence-corrected chi connectivity index (χ1v) is 4.61. The van der Waals surface area contributed by atoms with Gasteiger partial charge in [0.05, 0.1) is 23.8 Å². The van der Waals surface area contributed by atoms with Crippen molar-refractivity contribution in [3.63, 3.8) is 0 Å². The summed E-state index contributed by atoms with van der Waals surface area (Å²) >= 11 is 0. The number of anilines is 2. The molecule has 0 aliphatic rings. The lowest BCUT2D eigenvalue weighted by Crippen LogP contribution is -2.11. The van der Waals surface area contributed by atoms with Crippen LogP contribution in [0.3, 0.4) is 0 Å². The first-order valence-electron chi connectivity index (χ1n) is 4.61. The van der Waals surface area contributed by atoms with Crippen LogP contribution in [-0.2, 0) is 0 Å². The summed E-state index contributed by atoms with van der Waals surface area (Å²) in [5, 5.41) is 4.36. The van der Waals surface area contributed by atoms with Crippen molar-refractivity contribution < 1.29 is 0 Å². The molecule has 0 fully saturated rings. The van der Waals surface area contributed by atoms with E-state index in [2.05, 4.69) is 10.1 Å². The lowest BCUT2D eigenvalue weighted by Gasteiger charge is -2.08. The second-order valence-electron chi connectivity index (χ2n) is 3.46. The third-order valence-electron chi connectivity index (χ3n) is 2.06. The molecule has 0 atom stereocenters. The Bertz CT molecular complexity index is 446. The van der Waals surface area contributed by atoms with Crippen LogP contribution in [0.15, 0.2) is 30.7 Å². The molecule has 2 rings (SSSR count). The summed E-state index contributed by atoms with van der Waals surface area (Å²) in [6, 6.07) is 3.79. The number of pyridine rings is 1. The molecule has 0 bridgehead atoms. The molecule has 2 aromatic rings. The fourth-order valence-electron chi connectivity index (χ4n) is 1.35. The Kier molecular flexibility index (Phi) is 2.29. The highest BCUT2D eigenvalue weighted by Gasteiger charge is 2.08. The minimum Gasteiger partial charge on any atom is -0.394 e. The maximum atomic E-state index is 5.83. The van der Waals surface area contributed by atoms with Crippen LogP contribution in [0.5, 0.6) is 0 Å². The van der Waals surface area contributed by atoms with E-state index in [9.17, 15) is 0 Å². The molecule has 0 aliphatic heterocycles. The summed E-state index contributed by atoms with van der Waals surface area (Å²) in [5.41, 5.74) is 7.39. The molecule has 0 aromatic carbocycles. The van der Waals surface area contributed by atoms with Gasteiger partial charge in [0.2, 0.25) is 0 Å². The molecule has 2 aromatic heterocycles. The smallest absolute Gasteiger partial charge is 0.173 e. The van der Waals surface area contributed by atoms with Crippen LogP contribution in [0.1, 0.15) is 0 Å². The van der Waals surface area contributed by atoms with Gasteiger partial charge in [-0.2, -0.15) is 0 Å². The van der Waals surface area contributed by atoms with Gasteiger partial charge in [-0.25, -0.2) is 4.68 Å². The summed E-state index contributed by atoms with van der Waals surface area (Å²) in [7, 11) is 3.82. The van der Waals surface area contributed by atoms with Gasteiger partial charge >= 0.3 is 0 Å². The molecule has 0 amide bonds. The molecular weight excluding hydrogens is 190 g/mol. The van der Waals surface area contributed by atoms with E-state index in [4.69, 9.17) is 5.73 Å². The van der Waals surface area contributed by atoms with Crippen molar-refractivity contribution in [2.75, 3.05) is 24.7 Å². The van der Waals surface area contributed by atoms with Crippen LogP contribution >= 0.6 is 0 Å². The summed E-state index contributed by atoms with van der Waals surface area (Å²) in [6.07, 6.45) is 5.25. The predicted molar refractivity (Wildman–Crippen MR) is 60.1 cm³/mol. The van der Waals surface area contributed by atoms with Crippen molar-refractivity contribution in [1.82, 2.24) is 14.8 Å². The second kappa shape index (κ2) is 3.61. The van der Waals surface area contributed by atoms with Gasteiger partial charge in [0.25, 0.3) is 0 Å². The van der Waals surface area contributed by atoms with E-state index in [-0.39, 0.29) is 0 Å². The van der Waals surface area contributed by atoms with E-state index < -0.39 is 0 Å². The van der Waals surface area contributed by atoms with Crippen LogP contribution < -0.4 is 10.6 Å². The molecule has 2 heterocycles. The molecule has 15 heavy (non-hydrogen) atoms. The number of hydrogen-bond donors (Lipinski definition) is 1. The average Bonchev–Trinajstić information content (AvgIpc) is 2.62. The molecule has 78 valence electrons. The first-order chi connectivity index (χ1) is 7.18. The van der Waals surface area contributed by atoms with Crippen molar-refractivity contribution in [3.8, 4) is 5.69 Å². The summed E-state index contributed by atoms with van der Waals surface area (Å²) in [6.45, 7) is 0. The number of rotatable bonds is 2. The van der Waals surface area contributed by atoms with Crippen molar-refractivity contribution in [3.05, 3.63) is 30.7 Å². The zero-order valence-corrected chi connectivity index (χ0v) is 8.75. The Labute approximate surface area is 88.1 Å². The zero-order chi connectivity index (χ0) is 10.8. The second-order valence-corrected chi connectivity index (χ2v) is 3.46. The normalized spacial score (nSPS) is 10.3. The van der Waals surface area contributed by atoms with Gasteiger partial charge in [-0.3, -0.25) is 4.98 Å². The molecule has 5 heteroatoms. The van der Waals surface area contributed by atoms with Crippen molar-refractivity contribution in [2.45, 2.75) is 0 Å². The van der Waals surface area contributed by atoms with Gasteiger partial charge in [0, 0.05) is 20.3 Å². The maximum absolute atomic E-state index is 5.83. The van der Waals surface area contributed by atoms with Crippen LogP contribution in [0, 0.1) is 0 Å². The first kappa shape index (κ1) is 9.51. The molecule has 0 saturated carbocycles. The van der Waals surface area contributed by atoms with Gasteiger partial charge in [0.1, 0.15) is 0 Å². The Morgan fingerprint density at radius 2 is 2.20 bits per heavy atom. The van der Waals surface area contributed by atoms with Gasteiger partial charge in [-0.05, 0) is 12.1 Å². The summed E-state index contributed by atoms with van der Waals surface area (Å²) < 4.78 is 1.72. The highest BCUT2D eigenvalue weighted by atomic mass is 15.3. The molecule has 0 radical (unpaired) electrons. The quantitative estimate of drug-likeness (QED) is 0.788. The lowest BCUT2D eigenvalue weighted by atomic mass is 10.4. The Morgan fingerprint density at radius 3 is 2.73 bits per heavy atom. The minimum absolute atomic E-state index is 0.656. The van der Waals surface area contributed by atoms with Crippen LogP contribution in [0.2, 0.25) is 0 Å². The highest BCUT2D eigenvalue weighted by molar-refractivity contribution is 5.61. The topological polar surface area (TPSA) is 60.0 Å². The Morgan fingerprint density at radius 1 is 1.40 bits per heavy atom. The van der Waals surface area contributed by atoms with Gasteiger partial charge < -0.3 is 10.6 Å². The van der Waals surface area contributed by atoms with Crippen molar-refractivity contribution in [2.24, 2.45) is 0 Å². The van der Waals surface area contributed by atoms with E-state index in [1.807, 2.05) is 31.1 Å². The van der Waals surface area contributed by atoms with Crippen molar-refractivity contribution in [1.29, 1.82) is 0 Å². The van der Waals surface area contributed by atoms with E-state index in [1.165, 1.54) is 0 Å². The fraction of sp³-hybridized carbons (Fsp3) is 0.200. The van der Waals surface area contributed by atoms with Crippen LogP contribution in [0.25, 0.3) is 5.69 Å². The Balaban J connectivity index is 2.43. The Hall–Kier alpha value is -2.04. The number of hydrogen-bond acceptors (Lipinski definition) is 4. The third kappa shape index (κ3) is 1.76. The number of nitrogens with two attached hydrogens (primary N) is 1. The van der Waals surface area contributed by atoms with E-state index >= 15 is 0 Å². The molecule has 0 unspecified atom stereocenters. The van der Waals surface area contributed by atoms with Gasteiger partial charge in [-0.1, -0.05) is 0 Å². The number of nitrogens with zero attached hydrogens (tertiary/aromatic N) is 4. The van der Waals surface area contributed by atoms with Crippen molar-refractivity contribution >= 4 is 11.5 Å². The number of aromatic nitrogens is 3. The standard InChI is InChI=1S/C10H13N5/c1-14(2)10-9(11)7-15(13-10)8-4-3-5-12-6-8/h3-7H,11H2,1-2H3. The molecule has 0 aliphatic carbocycles. The SMILES string of the molecule is CN(C)c1nn(-c2cccnc2)cc1N. The minimum atomic E-state index is 0.656. The van der Waals surface area contributed by atoms with Crippen LogP contribution in [-0.4, -0.2) is 28.9 Å². The highest BCUT2D eigenvalue weighted by Crippen LogP contribution is 2.20. The monoisotopic (exact) mass is 203 g/mol. The van der Waals surface area contributed by atoms with Gasteiger partial charge in [0.15, 0.2) is 5.82 Å². The summed E-state index contributed by atoms with van der Waals surface area (Å²) in [5.74, 6) is 0.763. The largest absolute Gasteiger partial charge is 0.394 e. The van der Waals surface area contributed by atoms with E-state index in [0.29, 0.717) is 5.69 Å². The predicted octanol–water partition coefficient (Wildman–Crippen LogP) is 0.915. The number of nitrogen functional groups attached to an aromatic ring is 1. The van der Waals surface area contributed by atoms with E-state index in [1.54, 1.807) is 23.3 Å².